The second-order valence-corrected chi connectivity index (χ2v) is 2.93. The van der Waals surface area contributed by atoms with Crippen LogP contribution >= 0.6 is 22.6 Å². The van der Waals surface area contributed by atoms with Crippen molar-refractivity contribution in [3.63, 3.8) is 0 Å². The van der Waals surface area contributed by atoms with Crippen molar-refractivity contribution in [3.8, 4) is 0 Å². The summed E-state index contributed by atoms with van der Waals surface area (Å²) in [5, 5.41) is 0. The summed E-state index contributed by atoms with van der Waals surface area (Å²) < 4.78 is 2.10. The molecule has 0 atom stereocenters. The van der Waals surface area contributed by atoms with Gasteiger partial charge in [0.05, 0.1) is 0 Å². The smallest absolute Gasteiger partial charge is 0.0274 e. The number of hydrogen-bond donors (Lipinski definition) is 0. The van der Waals surface area contributed by atoms with Gasteiger partial charge in [0.15, 0.2) is 0 Å². The Morgan fingerprint density at radius 3 is 2.56 bits per heavy atom. The monoisotopic (exact) mass is 238 g/mol. The van der Waals surface area contributed by atoms with Crippen LogP contribution in [-0.2, 0) is 0 Å². The highest BCUT2D eigenvalue weighted by molar-refractivity contribution is 14.1. The number of halogens is 1. The largest absolute Gasteiger partial charge is 0.0785 e. The molecule has 0 unspecified atom stereocenters. The Kier molecular flexibility index (Phi) is 8.91. The Bertz CT molecular complexity index is 67.0. The van der Waals surface area contributed by atoms with E-state index in [1.165, 1.54) is 32.1 Å². The highest BCUT2D eigenvalue weighted by Gasteiger charge is 1.82. The third-order valence-electron chi connectivity index (χ3n) is 1.31. The van der Waals surface area contributed by atoms with Crippen LogP contribution in [0.4, 0.5) is 0 Å². The fraction of sp³-hybridized carbons (Fsp3) is 0.750. The molecule has 0 bridgehead atoms. The van der Waals surface area contributed by atoms with Gasteiger partial charge < -0.3 is 0 Å². The summed E-state index contributed by atoms with van der Waals surface area (Å²) in [7, 11) is 0. The zero-order chi connectivity index (χ0) is 6.95. The van der Waals surface area contributed by atoms with Gasteiger partial charge in [-0.25, -0.2) is 0 Å². The van der Waals surface area contributed by atoms with Crippen molar-refractivity contribution >= 4 is 22.6 Å². The van der Waals surface area contributed by atoms with Crippen molar-refractivity contribution < 1.29 is 0 Å². The lowest BCUT2D eigenvalue weighted by atomic mass is 10.2. The first-order valence-electron chi connectivity index (χ1n) is 3.67. The van der Waals surface area contributed by atoms with Crippen LogP contribution in [0.5, 0.6) is 0 Å². The van der Waals surface area contributed by atoms with E-state index in [1.807, 2.05) is 0 Å². The Labute approximate surface area is 71.9 Å². The standard InChI is InChI=1S/C8H15I/c1-2-3-4-5-6-7-8-9/h7-8H,2-6H2,1H3/b8-7-. The second-order valence-electron chi connectivity index (χ2n) is 2.21. The Morgan fingerprint density at radius 1 is 1.22 bits per heavy atom. The van der Waals surface area contributed by atoms with Crippen LogP contribution in [0.25, 0.3) is 0 Å². The van der Waals surface area contributed by atoms with Crippen LogP contribution in [0.2, 0.25) is 0 Å². The van der Waals surface area contributed by atoms with Crippen LogP contribution < -0.4 is 0 Å². The highest BCUT2D eigenvalue weighted by atomic mass is 127. The molecule has 0 amide bonds. The molecular weight excluding hydrogens is 223 g/mol. The molecule has 0 aromatic rings. The molecule has 0 fully saturated rings. The third kappa shape index (κ3) is 8.47. The van der Waals surface area contributed by atoms with Gasteiger partial charge in [0.25, 0.3) is 0 Å². The Morgan fingerprint density at radius 2 is 2.00 bits per heavy atom. The molecule has 0 N–H and O–H groups in total. The van der Waals surface area contributed by atoms with E-state index in [4.69, 9.17) is 0 Å². The van der Waals surface area contributed by atoms with Crippen molar-refractivity contribution in [2.45, 2.75) is 39.0 Å². The first kappa shape index (κ1) is 9.47. The molecule has 0 saturated carbocycles. The average Bonchev–Trinajstić information content (AvgIpc) is 1.89. The summed E-state index contributed by atoms with van der Waals surface area (Å²) in [6, 6.07) is 0. The van der Waals surface area contributed by atoms with Crippen LogP contribution in [-0.4, -0.2) is 0 Å². The molecule has 0 rings (SSSR count). The van der Waals surface area contributed by atoms with Crippen molar-refractivity contribution in [2.24, 2.45) is 0 Å². The minimum Gasteiger partial charge on any atom is -0.0785 e. The molecule has 0 aromatic heterocycles. The van der Waals surface area contributed by atoms with Crippen molar-refractivity contribution in [1.82, 2.24) is 0 Å². The fourth-order valence-corrected chi connectivity index (χ4v) is 1.11. The van der Waals surface area contributed by atoms with Gasteiger partial charge in [-0.15, -0.1) is 0 Å². The fourth-order valence-electron chi connectivity index (χ4n) is 0.752. The molecule has 0 saturated heterocycles. The topological polar surface area (TPSA) is 0 Å². The van der Waals surface area contributed by atoms with Gasteiger partial charge in [-0.3, -0.25) is 0 Å². The van der Waals surface area contributed by atoms with E-state index >= 15 is 0 Å². The third-order valence-corrected chi connectivity index (χ3v) is 1.82. The molecule has 0 aromatic carbocycles. The molecule has 1 heteroatoms. The van der Waals surface area contributed by atoms with E-state index < -0.39 is 0 Å². The summed E-state index contributed by atoms with van der Waals surface area (Å²) in [5.74, 6) is 0. The van der Waals surface area contributed by atoms with Gasteiger partial charge in [0.1, 0.15) is 0 Å². The predicted molar refractivity (Wildman–Crippen MR) is 51.9 cm³/mol. The van der Waals surface area contributed by atoms with Gasteiger partial charge in [0.2, 0.25) is 0 Å². The van der Waals surface area contributed by atoms with Gasteiger partial charge in [0, 0.05) is 0 Å². The maximum Gasteiger partial charge on any atom is -0.0274 e. The highest BCUT2D eigenvalue weighted by Crippen LogP contribution is 2.03. The minimum atomic E-state index is 1.27. The zero-order valence-electron chi connectivity index (χ0n) is 6.07. The molecule has 0 nitrogen and oxygen atoms in total. The molecular formula is C8H15I. The summed E-state index contributed by atoms with van der Waals surface area (Å²) in [5.41, 5.74) is 0. The molecule has 0 radical (unpaired) electrons. The molecule has 54 valence electrons. The van der Waals surface area contributed by atoms with Crippen LogP contribution in [0.1, 0.15) is 39.0 Å². The van der Waals surface area contributed by atoms with Crippen LogP contribution in [0.3, 0.4) is 0 Å². The summed E-state index contributed by atoms with van der Waals surface area (Å²) in [6.07, 6.45) is 9.01. The number of unbranched alkanes of at least 4 members (excludes halogenated alkanes) is 4. The lowest BCUT2D eigenvalue weighted by Gasteiger charge is -1.92. The molecule has 0 aliphatic heterocycles. The van der Waals surface area contributed by atoms with Crippen molar-refractivity contribution in [3.05, 3.63) is 10.2 Å². The van der Waals surface area contributed by atoms with Crippen LogP contribution in [0.15, 0.2) is 10.2 Å². The predicted octanol–water partition coefficient (Wildman–Crippen LogP) is 3.91. The lowest BCUT2D eigenvalue weighted by molar-refractivity contribution is 0.675. The van der Waals surface area contributed by atoms with E-state index in [0.717, 1.165) is 0 Å². The minimum absolute atomic E-state index is 1.27. The molecule has 0 aliphatic rings. The van der Waals surface area contributed by atoms with E-state index in [0.29, 0.717) is 0 Å². The van der Waals surface area contributed by atoms with Gasteiger partial charge in [-0.1, -0.05) is 54.9 Å². The van der Waals surface area contributed by atoms with Crippen molar-refractivity contribution in [1.29, 1.82) is 0 Å². The summed E-state index contributed by atoms with van der Waals surface area (Å²) in [6.45, 7) is 2.24. The maximum atomic E-state index is 2.27. The lowest BCUT2D eigenvalue weighted by Crippen LogP contribution is -1.72. The summed E-state index contributed by atoms with van der Waals surface area (Å²) in [4.78, 5) is 0. The van der Waals surface area contributed by atoms with Crippen molar-refractivity contribution in [2.75, 3.05) is 0 Å². The van der Waals surface area contributed by atoms with Gasteiger partial charge >= 0.3 is 0 Å². The maximum absolute atomic E-state index is 2.27. The van der Waals surface area contributed by atoms with Gasteiger partial charge in [-0.05, 0) is 16.9 Å². The molecule has 9 heavy (non-hydrogen) atoms. The Hall–Kier alpha value is 0.470. The first-order chi connectivity index (χ1) is 4.41. The van der Waals surface area contributed by atoms with Crippen LogP contribution in [0, 0.1) is 0 Å². The van der Waals surface area contributed by atoms with E-state index in [-0.39, 0.29) is 0 Å². The van der Waals surface area contributed by atoms with E-state index in [9.17, 15) is 0 Å². The zero-order valence-corrected chi connectivity index (χ0v) is 8.23. The summed E-state index contributed by atoms with van der Waals surface area (Å²) >= 11 is 2.27. The quantitative estimate of drug-likeness (QED) is 0.503. The second kappa shape index (κ2) is 8.47. The Balaban J connectivity index is 2.75. The molecule has 0 heterocycles. The normalized spacial score (nSPS) is 10.9. The van der Waals surface area contributed by atoms with Gasteiger partial charge in [-0.2, -0.15) is 0 Å². The average molecular weight is 238 g/mol. The number of hydrogen-bond acceptors (Lipinski definition) is 0. The first-order valence-corrected chi connectivity index (χ1v) is 4.91. The number of rotatable bonds is 5. The molecule has 0 spiro atoms. The van der Waals surface area contributed by atoms with E-state index in [2.05, 4.69) is 39.7 Å². The molecule has 0 aliphatic carbocycles. The SMILES string of the molecule is CCCCCC/C=C\I. The number of allylic oxidation sites excluding steroid dienone is 1. The van der Waals surface area contributed by atoms with E-state index in [1.54, 1.807) is 0 Å².